The van der Waals surface area contributed by atoms with Crippen LogP contribution in [0.15, 0.2) is 34.4 Å². The summed E-state index contributed by atoms with van der Waals surface area (Å²) < 4.78 is 25.0. The summed E-state index contributed by atoms with van der Waals surface area (Å²) in [6.45, 7) is 17.7. The second-order valence-electron chi connectivity index (χ2n) is 15.2. The summed E-state index contributed by atoms with van der Waals surface area (Å²) >= 11 is 0. The van der Waals surface area contributed by atoms with Crippen LogP contribution in [0.5, 0.6) is 0 Å². The van der Waals surface area contributed by atoms with Crippen molar-refractivity contribution in [2.24, 2.45) is 46.3 Å². The highest BCUT2D eigenvalue weighted by Crippen LogP contribution is 2.76. The van der Waals surface area contributed by atoms with Gasteiger partial charge in [-0.05, 0) is 69.8 Å². The molecule has 9 nitrogen and oxygen atoms in total. The van der Waals surface area contributed by atoms with Crippen molar-refractivity contribution >= 4 is 23.9 Å². The zero-order valence-corrected chi connectivity index (χ0v) is 28.4. The number of fused-ring (bicyclic) bond motifs is 5. The Kier molecular flexibility index (Phi) is 8.34. The van der Waals surface area contributed by atoms with Gasteiger partial charge in [-0.25, -0.2) is 4.79 Å². The highest BCUT2D eigenvalue weighted by Gasteiger charge is 2.80. The maximum atomic E-state index is 14.6. The van der Waals surface area contributed by atoms with Crippen LogP contribution in [0.25, 0.3) is 0 Å². The standard InChI is InChI=1S/C37H50O9/c1-9-17(2)33(40)46-31-28(18(3)11-10-12-38)19(4)13-27-30(31)37(35(42)45-27)16-36-20(5)14-26-24(21(6)34(41)44-26)15-25(36)22(7)29(37)32(36)43-23(8)39/h17-18,20,24,26-27,29-32,38H,6,9-16H2,1-5,7-8H3/t17?,18-,20-,24+,26-,27+,29-,30+,31+,32?,36-,37+/m1/s1. The molecule has 0 aromatic rings. The molecule has 2 heterocycles. The topological polar surface area (TPSA) is 125 Å². The molecular formula is C37H50O9. The van der Waals surface area contributed by atoms with Crippen molar-refractivity contribution in [1.29, 1.82) is 0 Å². The summed E-state index contributed by atoms with van der Waals surface area (Å²) in [5.41, 5.74) is 2.93. The smallest absolute Gasteiger partial charge is 0.334 e. The monoisotopic (exact) mass is 638 g/mol. The third-order valence-electron chi connectivity index (χ3n) is 12.9. The normalized spacial score (nSPS) is 40.7. The highest BCUT2D eigenvalue weighted by molar-refractivity contribution is 5.91. The van der Waals surface area contributed by atoms with Gasteiger partial charge in [-0.2, -0.15) is 0 Å². The Balaban J connectivity index is 1.52. The van der Waals surface area contributed by atoms with Crippen molar-refractivity contribution in [2.45, 2.75) is 118 Å². The van der Waals surface area contributed by atoms with E-state index in [1.807, 2.05) is 27.7 Å². The number of aliphatic hydroxyl groups is 1. The molecule has 2 saturated carbocycles. The SMILES string of the molecule is C=C1C(=O)O[C@@H]2C[C@@H](C)[C@]34C[C@]5(C(=O)O[C@H]6CC(C)=C([C@H](C)CCCO)[C@H](OC(=O)C(C)CC)[C@H]65)[C@H](C(C)=C3C[C@@H]12)C4OC(C)=O. The van der Waals surface area contributed by atoms with Gasteiger partial charge in [0.05, 0.1) is 17.3 Å². The van der Waals surface area contributed by atoms with Gasteiger partial charge in [-0.15, -0.1) is 0 Å². The molecule has 252 valence electrons. The van der Waals surface area contributed by atoms with Crippen LogP contribution in [0.4, 0.5) is 0 Å². The van der Waals surface area contributed by atoms with E-state index >= 15 is 0 Å². The number of rotatable bonds is 8. The summed E-state index contributed by atoms with van der Waals surface area (Å²) in [5, 5.41) is 9.65. The van der Waals surface area contributed by atoms with E-state index in [-0.39, 0.29) is 54.3 Å². The molecule has 1 N–H and O–H groups in total. The van der Waals surface area contributed by atoms with Gasteiger partial charge >= 0.3 is 23.9 Å². The van der Waals surface area contributed by atoms with E-state index in [9.17, 15) is 24.3 Å². The van der Waals surface area contributed by atoms with Crippen molar-refractivity contribution in [3.05, 3.63) is 34.4 Å². The summed E-state index contributed by atoms with van der Waals surface area (Å²) in [6, 6.07) is 0. The van der Waals surface area contributed by atoms with Crippen LogP contribution in [0.3, 0.4) is 0 Å². The fraction of sp³-hybridized carbons (Fsp3) is 0.730. The molecule has 0 radical (unpaired) electrons. The van der Waals surface area contributed by atoms with Crippen LogP contribution < -0.4 is 0 Å². The number of esters is 4. The second kappa shape index (κ2) is 11.6. The lowest BCUT2D eigenvalue weighted by Crippen LogP contribution is -2.51. The minimum atomic E-state index is -1.08. The van der Waals surface area contributed by atoms with E-state index in [1.165, 1.54) is 6.92 Å². The van der Waals surface area contributed by atoms with Gasteiger partial charge in [0.25, 0.3) is 0 Å². The number of hydrogen-bond donors (Lipinski definition) is 1. The highest BCUT2D eigenvalue weighted by atomic mass is 16.6. The molecule has 0 aromatic heterocycles. The largest absolute Gasteiger partial charge is 0.461 e. The molecule has 46 heavy (non-hydrogen) atoms. The maximum absolute atomic E-state index is 14.6. The zero-order chi connectivity index (χ0) is 33.5. The third-order valence-corrected chi connectivity index (χ3v) is 12.9. The van der Waals surface area contributed by atoms with Crippen molar-refractivity contribution in [3.8, 4) is 0 Å². The Morgan fingerprint density at radius 3 is 2.46 bits per heavy atom. The Labute approximate surface area is 272 Å². The average molecular weight is 639 g/mol. The van der Waals surface area contributed by atoms with Gasteiger partial charge in [0, 0.05) is 42.8 Å². The number of carbonyl (C=O) groups excluding carboxylic acids is 4. The van der Waals surface area contributed by atoms with Crippen LogP contribution in [-0.2, 0) is 38.1 Å². The summed E-state index contributed by atoms with van der Waals surface area (Å²) in [5.74, 6) is -2.86. The molecule has 2 saturated heterocycles. The maximum Gasteiger partial charge on any atom is 0.334 e. The fourth-order valence-corrected chi connectivity index (χ4v) is 10.7. The van der Waals surface area contributed by atoms with Gasteiger partial charge in [0.2, 0.25) is 0 Å². The van der Waals surface area contributed by atoms with Crippen molar-refractivity contribution < 1.29 is 43.2 Å². The summed E-state index contributed by atoms with van der Waals surface area (Å²) in [6.07, 6.45) is 1.93. The summed E-state index contributed by atoms with van der Waals surface area (Å²) in [7, 11) is 0. The van der Waals surface area contributed by atoms with E-state index in [0.29, 0.717) is 50.5 Å². The number of carbonyl (C=O) groups is 4. The Bertz CT molecular complexity index is 1420. The first kappa shape index (κ1) is 33.0. The lowest BCUT2D eigenvalue weighted by molar-refractivity contribution is -0.160. The third kappa shape index (κ3) is 4.50. The Morgan fingerprint density at radius 2 is 1.80 bits per heavy atom. The van der Waals surface area contributed by atoms with E-state index in [2.05, 4.69) is 20.4 Å². The van der Waals surface area contributed by atoms with Crippen molar-refractivity contribution in [2.75, 3.05) is 6.61 Å². The molecule has 4 aliphatic carbocycles. The van der Waals surface area contributed by atoms with Crippen LogP contribution >= 0.6 is 0 Å². The Morgan fingerprint density at radius 1 is 1.09 bits per heavy atom. The van der Waals surface area contributed by atoms with Gasteiger partial charge in [0.1, 0.15) is 24.4 Å². The van der Waals surface area contributed by atoms with Crippen LogP contribution in [-0.4, -0.2) is 60.0 Å². The number of hydrogen-bond acceptors (Lipinski definition) is 9. The van der Waals surface area contributed by atoms with E-state index in [0.717, 1.165) is 22.3 Å². The first-order valence-corrected chi connectivity index (χ1v) is 17.2. The van der Waals surface area contributed by atoms with E-state index in [4.69, 9.17) is 18.9 Å². The van der Waals surface area contributed by atoms with Crippen molar-refractivity contribution in [3.63, 3.8) is 0 Å². The minimum Gasteiger partial charge on any atom is -0.461 e. The van der Waals surface area contributed by atoms with Gasteiger partial charge in [0.15, 0.2) is 0 Å². The first-order valence-electron chi connectivity index (χ1n) is 17.2. The lowest BCUT2D eigenvalue weighted by Gasteiger charge is -2.46. The first-order chi connectivity index (χ1) is 21.7. The molecule has 9 heteroatoms. The average Bonchev–Trinajstić information content (AvgIpc) is 3.58. The molecule has 0 amide bonds. The van der Waals surface area contributed by atoms with Crippen LogP contribution in [0.2, 0.25) is 0 Å². The van der Waals surface area contributed by atoms with Gasteiger partial charge < -0.3 is 24.1 Å². The fourth-order valence-electron chi connectivity index (χ4n) is 10.7. The zero-order valence-electron chi connectivity index (χ0n) is 28.4. The molecule has 6 aliphatic rings. The molecule has 12 atom stereocenters. The molecular weight excluding hydrogens is 588 g/mol. The molecule has 0 aromatic carbocycles. The Hall–Kier alpha value is -2.94. The molecule has 2 spiro atoms. The molecule has 2 bridgehead atoms. The van der Waals surface area contributed by atoms with E-state index in [1.54, 1.807) is 0 Å². The van der Waals surface area contributed by atoms with Crippen LogP contribution in [0.1, 0.15) is 93.4 Å². The molecule has 6 rings (SSSR count). The van der Waals surface area contributed by atoms with Crippen LogP contribution in [0, 0.1) is 46.3 Å². The van der Waals surface area contributed by atoms with E-state index < -0.39 is 46.9 Å². The molecule has 4 fully saturated rings. The van der Waals surface area contributed by atoms with Gasteiger partial charge in [-0.3, -0.25) is 14.4 Å². The summed E-state index contributed by atoms with van der Waals surface area (Å²) in [4.78, 5) is 53.6. The molecule has 2 unspecified atom stereocenters. The number of ether oxygens (including phenoxy) is 4. The minimum absolute atomic E-state index is 0.0145. The van der Waals surface area contributed by atoms with Gasteiger partial charge in [-0.1, -0.05) is 51.0 Å². The van der Waals surface area contributed by atoms with Crippen molar-refractivity contribution in [1.82, 2.24) is 0 Å². The predicted octanol–water partition coefficient (Wildman–Crippen LogP) is 5.40. The molecule has 2 aliphatic heterocycles. The predicted molar refractivity (Wildman–Crippen MR) is 168 cm³/mol. The lowest BCUT2D eigenvalue weighted by atomic mass is 9.55. The second-order valence-corrected chi connectivity index (χ2v) is 15.2. The number of aliphatic hydroxyl groups excluding tert-OH is 1. The quantitative estimate of drug-likeness (QED) is 0.161.